The average Bonchev–Trinajstić information content (AvgIpc) is 2.33. The van der Waals surface area contributed by atoms with Crippen molar-refractivity contribution in [2.24, 2.45) is 12.8 Å². The van der Waals surface area contributed by atoms with Crippen LogP contribution in [0.5, 0.6) is 0 Å². The molecule has 1 aromatic heterocycles. The molecule has 0 aliphatic heterocycles. The topological polar surface area (TPSA) is 53.1 Å². The Morgan fingerprint density at radius 3 is 2.71 bits per heavy atom. The molecule has 14 heavy (non-hydrogen) atoms. The van der Waals surface area contributed by atoms with E-state index < -0.39 is 0 Å². The van der Waals surface area contributed by atoms with Gasteiger partial charge in [0.25, 0.3) is 0 Å². The third-order valence-electron chi connectivity index (χ3n) is 1.73. The molecule has 0 saturated heterocycles. The molecule has 0 saturated carbocycles. The third kappa shape index (κ3) is 3.29. The zero-order chi connectivity index (χ0) is 10.8. The van der Waals surface area contributed by atoms with Crippen LogP contribution in [-0.4, -0.2) is 21.7 Å². The molecule has 1 rings (SSSR count). The van der Waals surface area contributed by atoms with Crippen molar-refractivity contribution in [3.05, 3.63) is 17.2 Å². The highest BCUT2D eigenvalue weighted by Gasteiger charge is 2.11. The van der Waals surface area contributed by atoms with Gasteiger partial charge in [0.2, 0.25) is 0 Å². The molecule has 0 radical (unpaired) electrons. The van der Waals surface area contributed by atoms with E-state index >= 15 is 0 Å². The Balaban J connectivity index is 2.43. The molecule has 0 aromatic carbocycles. The van der Waals surface area contributed by atoms with E-state index in [-0.39, 0.29) is 5.54 Å². The number of nitrogens with zero attached hydrogens (tertiary/aromatic N) is 2. The second-order valence-electron chi connectivity index (χ2n) is 4.04. The molecular weight excluding hydrogens is 202 g/mol. The fourth-order valence-electron chi connectivity index (χ4n) is 0.964. The van der Waals surface area contributed by atoms with Gasteiger partial charge in [-0.2, -0.15) is 0 Å². The molecule has 5 heteroatoms. The molecule has 0 amide bonds. The molecule has 1 heterocycles. The molecule has 0 bridgehead atoms. The van der Waals surface area contributed by atoms with Gasteiger partial charge in [0.1, 0.15) is 17.6 Å². The van der Waals surface area contributed by atoms with Crippen LogP contribution < -0.4 is 5.73 Å². The second-order valence-corrected chi connectivity index (χ2v) is 4.42. The Bertz CT molecular complexity index is 303. The summed E-state index contributed by atoms with van der Waals surface area (Å²) in [6, 6.07) is 0. The number of hydrogen-bond donors (Lipinski definition) is 1. The standard InChI is InChI=1S/C9H16ClN3O/c1-9(2,11)6-14-5-8-12-4-7(10)13(8)3/h4H,5-6,11H2,1-3H3. The fraction of sp³-hybridized carbons (Fsp3) is 0.667. The zero-order valence-electron chi connectivity index (χ0n) is 8.75. The Morgan fingerprint density at radius 1 is 1.64 bits per heavy atom. The maximum absolute atomic E-state index is 5.82. The van der Waals surface area contributed by atoms with E-state index in [1.807, 2.05) is 20.9 Å². The summed E-state index contributed by atoms with van der Waals surface area (Å²) in [6.07, 6.45) is 1.60. The van der Waals surface area contributed by atoms with Crippen molar-refractivity contribution < 1.29 is 4.74 Å². The van der Waals surface area contributed by atoms with Crippen LogP contribution in [0.3, 0.4) is 0 Å². The zero-order valence-corrected chi connectivity index (χ0v) is 9.51. The van der Waals surface area contributed by atoms with Crippen LogP contribution in [0.2, 0.25) is 5.15 Å². The number of hydrogen-bond acceptors (Lipinski definition) is 3. The molecule has 0 spiro atoms. The lowest BCUT2D eigenvalue weighted by atomic mass is 10.1. The minimum atomic E-state index is -0.311. The minimum Gasteiger partial charge on any atom is -0.372 e. The highest BCUT2D eigenvalue weighted by Crippen LogP contribution is 2.10. The van der Waals surface area contributed by atoms with E-state index in [1.54, 1.807) is 10.8 Å². The summed E-state index contributed by atoms with van der Waals surface area (Å²) in [5.74, 6) is 0.805. The lowest BCUT2D eigenvalue weighted by Crippen LogP contribution is -2.37. The van der Waals surface area contributed by atoms with Gasteiger partial charge in [-0.15, -0.1) is 0 Å². The van der Waals surface area contributed by atoms with Crippen molar-refractivity contribution in [2.75, 3.05) is 6.61 Å². The van der Waals surface area contributed by atoms with Crippen LogP contribution in [-0.2, 0) is 18.4 Å². The van der Waals surface area contributed by atoms with Crippen molar-refractivity contribution in [2.45, 2.75) is 26.0 Å². The molecule has 0 unspecified atom stereocenters. The summed E-state index contributed by atoms with van der Waals surface area (Å²) < 4.78 is 7.19. The molecular formula is C9H16ClN3O. The first-order valence-corrected chi connectivity index (χ1v) is 4.80. The van der Waals surface area contributed by atoms with Crippen molar-refractivity contribution in [3.8, 4) is 0 Å². The molecule has 1 aromatic rings. The molecule has 0 aliphatic rings. The average molecular weight is 218 g/mol. The van der Waals surface area contributed by atoms with Gasteiger partial charge >= 0.3 is 0 Å². The van der Waals surface area contributed by atoms with Gasteiger partial charge in [-0.1, -0.05) is 11.6 Å². The van der Waals surface area contributed by atoms with Crippen molar-refractivity contribution >= 4 is 11.6 Å². The van der Waals surface area contributed by atoms with Crippen LogP contribution >= 0.6 is 11.6 Å². The largest absolute Gasteiger partial charge is 0.372 e. The molecule has 80 valence electrons. The first kappa shape index (κ1) is 11.5. The van der Waals surface area contributed by atoms with E-state index in [9.17, 15) is 0 Å². The molecule has 0 fully saturated rings. The highest BCUT2D eigenvalue weighted by molar-refractivity contribution is 6.29. The van der Waals surface area contributed by atoms with Gasteiger partial charge < -0.3 is 15.0 Å². The van der Waals surface area contributed by atoms with E-state index in [0.717, 1.165) is 5.82 Å². The van der Waals surface area contributed by atoms with E-state index in [0.29, 0.717) is 18.4 Å². The number of aromatic nitrogens is 2. The Kier molecular flexibility index (Phi) is 3.53. The van der Waals surface area contributed by atoms with Crippen LogP contribution in [0.1, 0.15) is 19.7 Å². The lowest BCUT2D eigenvalue weighted by molar-refractivity contribution is 0.0794. The predicted molar refractivity (Wildman–Crippen MR) is 56.1 cm³/mol. The quantitative estimate of drug-likeness (QED) is 0.828. The number of rotatable bonds is 4. The monoisotopic (exact) mass is 217 g/mol. The molecule has 4 nitrogen and oxygen atoms in total. The Morgan fingerprint density at radius 2 is 2.29 bits per heavy atom. The summed E-state index contributed by atoms with van der Waals surface area (Å²) in [4.78, 5) is 4.10. The van der Waals surface area contributed by atoms with E-state index in [1.165, 1.54) is 0 Å². The van der Waals surface area contributed by atoms with Crippen LogP contribution in [0.4, 0.5) is 0 Å². The second kappa shape index (κ2) is 4.29. The van der Waals surface area contributed by atoms with Crippen LogP contribution in [0.15, 0.2) is 6.20 Å². The van der Waals surface area contributed by atoms with E-state index in [2.05, 4.69) is 4.98 Å². The Hall–Kier alpha value is -0.580. The van der Waals surface area contributed by atoms with Crippen LogP contribution in [0, 0.1) is 0 Å². The number of halogens is 1. The molecule has 2 N–H and O–H groups in total. The minimum absolute atomic E-state index is 0.311. The Labute approximate surface area is 89.0 Å². The maximum atomic E-state index is 5.82. The lowest BCUT2D eigenvalue weighted by Gasteiger charge is -2.17. The third-order valence-corrected chi connectivity index (χ3v) is 2.08. The first-order valence-electron chi connectivity index (χ1n) is 4.43. The van der Waals surface area contributed by atoms with E-state index in [4.69, 9.17) is 22.1 Å². The summed E-state index contributed by atoms with van der Waals surface area (Å²) >= 11 is 5.82. The van der Waals surface area contributed by atoms with Gasteiger partial charge in [-0.05, 0) is 13.8 Å². The molecule has 0 atom stereocenters. The predicted octanol–water partition coefficient (Wildman–Crippen LogP) is 1.33. The number of ether oxygens (including phenoxy) is 1. The summed E-state index contributed by atoms with van der Waals surface area (Å²) in [7, 11) is 1.85. The first-order chi connectivity index (χ1) is 6.40. The summed E-state index contributed by atoms with van der Waals surface area (Å²) in [5, 5.41) is 0.607. The number of imidazole rings is 1. The SMILES string of the molecule is Cn1c(Cl)cnc1COCC(C)(C)N. The van der Waals surface area contributed by atoms with Crippen molar-refractivity contribution in [1.29, 1.82) is 0 Å². The summed E-state index contributed by atoms with van der Waals surface area (Å²) in [5.41, 5.74) is 5.45. The summed E-state index contributed by atoms with van der Waals surface area (Å²) in [6.45, 7) is 4.76. The smallest absolute Gasteiger partial charge is 0.135 e. The normalized spacial score (nSPS) is 12.1. The van der Waals surface area contributed by atoms with Gasteiger partial charge in [-0.3, -0.25) is 0 Å². The number of nitrogens with two attached hydrogens (primary N) is 1. The van der Waals surface area contributed by atoms with Gasteiger partial charge in [-0.25, -0.2) is 4.98 Å². The molecule has 0 aliphatic carbocycles. The maximum Gasteiger partial charge on any atom is 0.135 e. The van der Waals surface area contributed by atoms with Crippen molar-refractivity contribution in [1.82, 2.24) is 9.55 Å². The fourth-order valence-corrected chi connectivity index (χ4v) is 1.11. The van der Waals surface area contributed by atoms with Crippen molar-refractivity contribution in [3.63, 3.8) is 0 Å². The highest BCUT2D eigenvalue weighted by atomic mass is 35.5. The van der Waals surface area contributed by atoms with Crippen LogP contribution in [0.25, 0.3) is 0 Å². The van der Waals surface area contributed by atoms with Gasteiger partial charge in [0.05, 0.1) is 12.8 Å². The van der Waals surface area contributed by atoms with Gasteiger partial charge in [0.15, 0.2) is 0 Å². The van der Waals surface area contributed by atoms with Gasteiger partial charge in [0, 0.05) is 12.6 Å².